The summed E-state index contributed by atoms with van der Waals surface area (Å²) in [6.07, 6.45) is 2.57. The molecule has 2 heterocycles. The Morgan fingerprint density at radius 3 is 2.50 bits per heavy atom. The number of hydrogen-bond acceptors (Lipinski definition) is 8. The number of benzene rings is 2. The topological polar surface area (TPSA) is 124 Å². The summed E-state index contributed by atoms with van der Waals surface area (Å²) in [5.74, 6) is -2.89. The smallest absolute Gasteiger partial charge is 0.318 e. The van der Waals surface area contributed by atoms with Gasteiger partial charge in [-0.25, -0.2) is 23.1 Å². The van der Waals surface area contributed by atoms with E-state index in [1.165, 1.54) is 37.6 Å². The molecule has 0 radical (unpaired) electrons. The highest BCUT2D eigenvalue weighted by Crippen LogP contribution is 2.29. The fourth-order valence-electron chi connectivity index (χ4n) is 2.92. The standard InChI is InChI=1S/C23H17F3N6O3.ClH/c1-34-23-29-11-15(22(33)31-18-4-2-12(24)8-16(18)25)21(32-23)30-13-3-5-19(17(26)9-13)35-14-6-7-28-20(27)10-14;/h2-11H,1H3,(H2,27,28)(H,31,33)(H,29,30,32);1H. The number of amides is 1. The van der Waals surface area contributed by atoms with E-state index in [0.717, 1.165) is 24.4 Å². The molecule has 0 unspecified atom stereocenters. The maximum absolute atomic E-state index is 14.7. The molecule has 0 spiro atoms. The van der Waals surface area contributed by atoms with Gasteiger partial charge in [0, 0.05) is 36.3 Å². The quantitative estimate of drug-likeness (QED) is 0.309. The van der Waals surface area contributed by atoms with Crippen LogP contribution in [0.4, 0.5) is 36.2 Å². The number of carbonyl (C=O) groups excluding carboxylic acids is 1. The number of aromatic nitrogens is 3. The third-order valence-corrected chi connectivity index (χ3v) is 4.55. The van der Waals surface area contributed by atoms with Gasteiger partial charge >= 0.3 is 6.01 Å². The molecule has 4 N–H and O–H groups in total. The van der Waals surface area contributed by atoms with Crippen molar-refractivity contribution in [3.05, 3.63) is 83.9 Å². The zero-order valence-corrected chi connectivity index (χ0v) is 19.3. The van der Waals surface area contributed by atoms with Crippen LogP contribution in [0, 0.1) is 17.5 Å². The first-order valence-electron chi connectivity index (χ1n) is 9.96. The average Bonchev–Trinajstić information content (AvgIpc) is 2.82. The number of pyridine rings is 1. The number of halogens is 4. The SMILES string of the molecule is COc1ncc(C(=O)Nc2ccc(F)cc2F)c(Nc2ccc(Oc3ccnc(N)c3)c(F)c2)n1.Cl. The van der Waals surface area contributed by atoms with Crippen molar-refractivity contribution in [3.8, 4) is 17.5 Å². The van der Waals surface area contributed by atoms with E-state index in [1.54, 1.807) is 0 Å². The summed E-state index contributed by atoms with van der Waals surface area (Å²) in [5, 5.41) is 5.13. The van der Waals surface area contributed by atoms with Crippen molar-refractivity contribution in [2.45, 2.75) is 0 Å². The third kappa shape index (κ3) is 6.10. The second-order valence-electron chi connectivity index (χ2n) is 6.99. The molecule has 186 valence electrons. The Hall–Kier alpha value is -4.58. The molecule has 0 aliphatic heterocycles. The van der Waals surface area contributed by atoms with E-state index in [4.69, 9.17) is 15.2 Å². The Kier molecular flexibility index (Phi) is 8.12. The lowest BCUT2D eigenvalue weighted by molar-refractivity contribution is 0.102. The first-order chi connectivity index (χ1) is 16.8. The van der Waals surface area contributed by atoms with Crippen LogP contribution in [-0.2, 0) is 0 Å². The van der Waals surface area contributed by atoms with Gasteiger partial charge in [-0.3, -0.25) is 4.79 Å². The predicted molar refractivity (Wildman–Crippen MR) is 129 cm³/mol. The number of methoxy groups -OCH3 is 1. The second-order valence-corrected chi connectivity index (χ2v) is 6.99. The summed E-state index contributed by atoms with van der Waals surface area (Å²) in [6, 6.07) is 9.55. The van der Waals surface area contributed by atoms with E-state index in [-0.39, 0.29) is 52.7 Å². The van der Waals surface area contributed by atoms with Crippen LogP contribution in [0.15, 0.2) is 60.9 Å². The first-order valence-corrected chi connectivity index (χ1v) is 9.96. The molecule has 2 aromatic carbocycles. The number of nitrogens with one attached hydrogen (secondary N) is 2. The summed E-state index contributed by atoms with van der Waals surface area (Å²) in [5.41, 5.74) is 5.46. The van der Waals surface area contributed by atoms with Crippen LogP contribution in [0.25, 0.3) is 0 Å². The van der Waals surface area contributed by atoms with E-state index in [0.29, 0.717) is 11.8 Å². The van der Waals surface area contributed by atoms with Gasteiger partial charge in [0.05, 0.1) is 12.8 Å². The summed E-state index contributed by atoms with van der Waals surface area (Å²) < 4.78 is 52.3. The van der Waals surface area contributed by atoms with E-state index in [9.17, 15) is 18.0 Å². The Bertz CT molecular complexity index is 1410. The Morgan fingerprint density at radius 1 is 1.00 bits per heavy atom. The highest BCUT2D eigenvalue weighted by atomic mass is 35.5. The first kappa shape index (κ1) is 26.0. The maximum atomic E-state index is 14.7. The van der Waals surface area contributed by atoms with Crippen LogP contribution in [0.2, 0.25) is 0 Å². The van der Waals surface area contributed by atoms with Crippen LogP contribution in [-0.4, -0.2) is 28.0 Å². The van der Waals surface area contributed by atoms with Crippen LogP contribution >= 0.6 is 12.4 Å². The number of carbonyl (C=O) groups is 1. The van der Waals surface area contributed by atoms with Gasteiger partial charge in [-0.1, -0.05) is 0 Å². The van der Waals surface area contributed by atoms with Gasteiger partial charge in [0.15, 0.2) is 17.4 Å². The highest BCUT2D eigenvalue weighted by molar-refractivity contribution is 6.07. The predicted octanol–water partition coefficient (Wildman–Crippen LogP) is 5.09. The molecule has 36 heavy (non-hydrogen) atoms. The molecule has 4 rings (SSSR count). The number of nitrogens with zero attached hydrogens (tertiary/aromatic N) is 3. The van der Waals surface area contributed by atoms with Gasteiger partial charge in [-0.2, -0.15) is 4.98 Å². The minimum absolute atomic E-state index is 0. The number of nitrogens with two attached hydrogens (primary N) is 1. The van der Waals surface area contributed by atoms with Gasteiger partial charge in [0.25, 0.3) is 5.91 Å². The molecule has 4 aromatic rings. The minimum Gasteiger partial charge on any atom is -0.467 e. The van der Waals surface area contributed by atoms with Crippen molar-refractivity contribution in [1.29, 1.82) is 0 Å². The van der Waals surface area contributed by atoms with Crippen molar-refractivity contribution in [2.24, 2.45) is 0 Å². The van der Waals surface area contributed by atoms with Crippen molar-refractivity contribution < 1.29 is 27.4 Å². The molecule has 0 saturated carbocycles. The lowest BCUT2D eigenvalue weighted by atomic mass is 10.2. The van der Waals surface area contributed by atoms with Crippen LogP contribution < -0.4 is 25.8 Å². The summed E-state index contributed by atoms with van der Waals surface area (Å²) in [7, 11) is 1.32. The molecular weight excluding hydrogens is 501 g/mol. The molecule has 9 nitrogen and oxygen atoms in total. The fourth-order valence-corrected chi connectivity index (χ4v) is 2.92. The lowest BCUT2D eigenvalue weighted by Gasteiger charge is -2.13. The number of nitrogen functional groups attached to an aromatic ring is 1. The van der Waals surface area contributed by atoms with Gasteiger partial charge in [-0.15, -0.1) is 12.4 Å². The summed E-state index contributed by atoms with van der Waals surface area (Å²) >= 11 is 0. The van der Waals surface area contributed by atoms with Crippen LogP contribution in [0.1, 0.15) is 10.4 Å². The summed E-state index contributed by atoms with van der Waals surface area (Å²) in [6.45, 7) is 0. The van der Waals surface area contributed by atoms with Gasteiger partial charge in [0.1, 0.15) is 28.8 Å². The highest BCUT2D eigenvalue weighted by Gasteiger charge is 2.18. The van der Waals surface area contributed by atoms with Crippen molar-refractivity contribution in [1.82, 2.24) is 15.0 Å². The molecule has 0 fully saturated rings. The number of anilines is 4. The molecule has 2 aromatic heterocycles. The molecule has 0 aliphatic carbocycles. The van der Waals surface area contributed by atoms with E-state index >= 15 is 0 Å². The molecule has 0 aliphatic rings. The van der Waals surface area contributed by atoms with Gasteiger partial charge in [0.2, 0.25) is 0 Å². The zero-order valence-electron chi connectivity index (χ0n) is 18.5. The zero-order chi connectivity index (χ0) is 24.9. The number of ether oxygens (including phenoxy) is 2. The summed E-state index contributed by atoms with van der Waals surface area (Å²) in [4.78, 5) is 24.6. The van der Waals surface area contributed by atoms with E-state index in [1.807, 2.05) is 0 Å². The Morgan fingerprint density at radius 2 is 1.81 bits per heavy atom. The molecule has 0 saturated heterocycles. The monoisotopic (exact) mass is 518 g/mol. The van der Waals surface area contributed by atoms with E-state index in [2.05, 4.69) is 25.6 Å². The van der Waals surface area contributed by atoms with Crippen LogP contribution in [0.3, 0.4) is 0 Å². The van der Waals surface area contributed by atoms with Gasteiger partial charge in [-0.05, 0) is 30.3 Å². The van der Waals surface area contributed by atoms with Crippen molar-refractivity contribution >= 4 is 41.3 Å². The van der Waals surface area contributed by atoms with Gasteiger partial charge < -0.3 is 25.8 Å². The molecular formula is C23H18ClF3N6O3. The Balaban J connectivity index is 0.00000361. The second kappa shape index (κ2) is 11.2. The Labute approximate surface area is 208 Å². The minimum atomic E-state index is -0.962. The fraction of sp³-hybridized carbons (Fsp3) is 0.0435. The number of hydrogen-bond donors (Lipinski definition) is 3. The number of rotatable bonds is 7. The lowest BCUT2D eigenvalue weighted by Crippen LogP contribution is -2.16. The van der Waals surface area contributed by atoms with Crippen molar-refractivity contribution in [3.63, 3.8) is 0 Å². The third-order valence-electron chi connectivity index (χ3n) is 4.55. The normalized spacial score (nSPS) is 10.2. The largest absolute Gasteiger partial charge is 0.467 e. The van der Waals surface area contributed by atoms with Crippen LogP contribution in [0.5, 0.6) is 17.5 Å². The maximum Gasteiger partial charge on any atom is 0.318 e. The van der Waals surface area contributed by atoms with E-state index < -0.39 is 23.4 Å². The molecule has 0 bridgehead atoms. The molecule has 1 amide bonds. The average molecular weight is 519 g/mol. The molecule has 0 atom stereocenters. The molecule has 13 heteroatoms. The van der Waals surface area contributed by atoms with Crippen molar-refractivity contribution in [2.75, 3.05) is 23.5 Å².